The largest absolute Gasteiger partial charge is 0.377 e. The Kier molecular flexibility index (Phi) is 11.7. The molecule has 1 saturated heterocycles. The molecule has 2 aliphatic rings. The van der Waals surface area contributed by atoms with Crippen LogP contribution in [0.5, 0.6) is 0 Å². The van der Waals surface area contributed by atoms with Crippen LogP contribution in [0.1, 0.15) is 26.4 Å². The highest BCUT2D eigenvalue weighted by molar-refractivity contribution is 9.15. The summed E-state index contributed by atoms with van der Waals surface area (Å²) in [6, 6.07) is 0. The lowest BCUT2D eigenvalue weighted by atomic mass is 10.1. The molecule has 0 N–H and O–H groups in total. The van der Waals surface area contributed by atoms with Crippen LogP contribution in [0.3, 0.4) is 0 Å². The molecule has 0 bridgehead atoms. The van der Waals surface area contributed by atoms with Gasteiger partial charge in [0.1, 0.15) is 0 Å². The molecule has 0 spiro atoms. The van der Waals surface area contributed by atoms with Crippen LogP contribution in [-0.4, -0.2) is 116 Å². The molecule has 40 heavy (non-hydrogen) atoms. The Hall–Kier alpha value is -0.790. The minimum absolute atomic E-state index is 0.132. The van der Waals surface area contributed by atoms with Crippen LogP contribution < -0.4 is 0 Å². The van der Waals surface area contributed by atoms with Crippen LogP contribution in [0.2, 0.25) is 0 Å². The third-order valence-electron chi connectivity index (χ3n) is 6.26. The summed E-state index contributed by atoms with van der Waals surface area (Å²) in [5.74, 6) is -0.377. The first-order chi connectivity index (χ1) is 19.1. The second-order valence-electron chi connectivity index (χ2n) is 9.01. The number of carbonyl (C=O) groups is 2. The van der Waals surface area contributed by atoms with Crippen molar-refractivity contribution in [2.75, 3.05) is 70.8 Å². The number of hydrogen-bond acceptors (Lipinski definition) is 10. The lowest BCUT2D eigenvalue weighted by molar-refractivity contribution is 0.00960. The normalized spacial score (nSPS) is 17.1. The molecule has 3 heterocycles. The number of hydrogen-bond donors (Lipinski definition) is 0. The van der Waals surface area contributed by atoms with Crippen molar-refractivity contribution in [1.29, 1.82) is 0 Å². The molecular weight excluding hydrogens is 810 g/mol. The Bertz CT molecular complexity index is 1300. The van der Waals surface area contributed by atoms with E-state index in [2.05, 4.69) is 78.9 Å². The lowest BCUT2D eigenvalue weighted by Gasteiger charge is -2.25. The quantitative estimate of drug-likeness (QED) is 0.121. The Morgan fingerprint density at radius 3 is 1.80 bits per heavy atom. The van der Waals surface area contributed by atoms with Gasteiger partial charge in [0.25, 0.3) is 11.8 Å². The molecule has 12 nitrogen and oxygen atoms in total. The number of rotatable bonds is 14. The van der Waals surface area contributed by atoms with Crippen molar-refractivity contribution in [2.45, 2.75) is 13.1 Å². The monoisotopic (exact) mass is 833 g/mol. The maximum atomic E-state index is 12.8. The number of fused-ring (bicyclic) bond motifs is 1. The molecule has 0 aliphatic carbocycles. The molecule has 0 radical (unpaired) electrons. The van der Waals surface area contributed by atoms with Crippen LogP contribution in [0, 0.1) is 0 Å². The van der Waals surface area contributed by atoms with E-state index in [1.54, 1.807) is 4.68 Å². The Morgan fingerprint density at radius 2 is 1.25 bits per heavy atom. The average molecular weight is 837 g/mol. The molecule has 4 rings (SSSR count). The Balaban J connectivity index is 1.04. The summed E-state index contributed by atoms with van der Waals surface area (Å²) in [6.45, 7) is 4.41. The van der Waals surface area contributed by atoms with Gasteiger partial charge >= 0.3 is 0 Å². The van der Waals surface area contributed by atoms with Gasteiger partial charge in [-0.3, -0.25) is 19.4 Å². The highest BCUT2D eigenvalue weighted by Crippen LogP contribution is 2.45. The van der Waals surface area contributed by atoms with Crippen LogP contribution in [0.15, 0.2) is 24.1 Å². The molecular formula is C23H27Br4N5O7S. The molecule has 1 aromatic carbocycles. The number of ether oxygens (including phenoxy) is 3. The van der Waals surface area contributed by atoms with Gasteiger partial charge in [0.15, 0.2) is 9.84 Å². The van der Waals surface area contributed by atoms with Gasteiger partial charge < -0.3 is 14.2 Å². The topological polar surface area (TPSA) is 133 Å². The van der Waals surface area contributed by atoms with Crippen molar-refractivity contribution in [2.24, 2.45) is 0 Å². The van der Waals surface area contributed by atoms with E-state index in [0.29, 0.717) is 88.2 Å². The van der Waals surface area contributed by atoms with Crippen LogP contribution in [-0.2, 0) is 37.1 Å². The number of sulfone groups is 1. The summed E-state index contributed by atoms with van der Waals surface area (Å²) < 4.78 is 43.8. The van der Waals surface area contributed by atoms with E-state index in [-0.39, 0.29) is 36.5 Å². The van der Waals surface area contributed by atoms with Crippen molar-refractivity contribution in [3.8, 4) is 0 Å². The number of amides is 2. The fourth-order valence-corrected chi connectivity index (χ4v) is 7.85. The van der Waals surface area contributed by atoms with E-state index in [4.69, 9.17) is 14.2 Å². The van der Waals surface area contributed by atoms with Gasteiger partial charge in [0.05, 0.1) is 81.1 Å². The number of halogens is 4. The lowest BCUT2D eigenvalue weighted by Crippen LogP contribution is -2.39. The number of aromatic nitrogens is 3. The van der Waals surface area contributed by atoms with E-state index in [1.807, 2.05) is 6.20 Å². The molecule has 2 amide bonds. The van der Waals surface area contributed by atoms with E-state index in [9.17, 15) is 18.0 Å². The smallest absolute Gasteiger partial charge is 0.262 e. The standard InChI is InChI=1S/C23H27Br4N5O7S/c24-18-16-17(19(25)21(27)20(18)26)23(34)32(22(16)33)2-6-38-8-10-39-9-7-37-5-1-31-14-15(28-29-31)13-30-3-11-40(35,36)12-4-30/h14H,1-13H2. The van der Waals surface area contributed by atoms with Crippen molar-refractivity contribution >= 4 is 85.4 Å². The molecule has 2 aliphatic heterocycles. The molecule has 1 fully saturated rings. The predicted molar refractivity (Wildman–Crippen MR) is 159 cm³/mol. The van der Waals surface area contributed by atoms with Gasteiger partial charge in [-0.05, 0) is 63.7 Å². The Morgan fingerprint density at radius 1 is 0.750 bits per heavy atom. The fraction of sp³-hybridized carbons (Fsp3) is 0.565. The Labute approximate surface area is 265 Å². The molecule has 220 valence electrons. The number of imide groups is 1. The zero-order valence-corrected chi connectivity index (χ0v) is 28.4. The van der Waals surface area contributed by atoms with Gasteiger partial charge in [0, 0.05) is 43.7 Å². The molecule has 0 unspecified atom stereocenters. The highest BCUT2D eigenvalue weighted by Gasteiger charge is 2.40. The van der Waals surface area contributed by atoms with Crippen molar-refractivity contribution in [3.05, 3.63) is 40.9 Å². The summed E-state index contributed by atoms with van der Waals surface area (Å²) in [7, 11) is -2.90. The summed E-state index contributed by atoms with van der Waals surface area (Å²) in [5.41, 5.74) is 1.43. The molecule has 0 saturated carbocycles. The maximum absolute atomic E-state index is 12.8. The molecule has 0 atom stereocenters. The predicted octanol–water partition coefficient (Wildman–Crippen LogP) is 2.90. The van der Waals surface area contributed by atoms with Gasteiger partial charge in [-0.25, -0.2) is 13.1 Å². The molecule has 2 aromatic rings. The van der Waals surface area contributed by atoms with E-state index < -0.39 is 9.84 Å². The first kappa shape index (κ1) is 32.1. The SMILES string of the molecule is O=C1c2c(Br)c(Br)c(Br)c(Br)c2C(=O)N1CCOCCOCCOCCn1cc(CN2CCS(=O)(=O)CC2)nn1. The second-order valence-corrected chi connectivity index (χ2v) is 14.5. The van der Waals surface area contributed by atoms with E-state index >= 15 is 0 Å². The summed E-state index contributed by atoms with van der Waals surface area (Å²) in [6.07, 6.45) is 1.85. The summed E-state index contributed by atoms with van der Waals surface area (Å²) in [4.78, 5) is 28.9. The average Bonchev–Trinajstić information content (AvgIpc) is 3.47. The first-order valence-corrected chi connectivity index (χ1v) is 17.4. The zero-order chi connectivity index (χ0) is 28.9. The van der Waals surface area contributed by atoms with E-state index in [0.717, 1.165) is 5.69 Å². The number of carbonyl (C=O) groups excluding carboxylic acids is 2. The first-order valence-electron chi connectivity index (χ1n) is 12.4. The third kappa shape index (κ3) is 7.98. The minimum Gasteiger partial charge on any atom is -0.377 e. The van der Waals surface area contributed by atoms with E-state index in [1.165, 1.54) is 4.90 Å². The zero-order valence-electron chi connectivity index (χ0n) is 21.3. The van der Waals surface area contributed by atoms with Crippen molar-refractivity contribution in [1.82, 2.24) is 24.8 Å². The number of benzene rings is 1. The molecule has 1 aromatic heterocycles. The molecule has 17 heteroatoms. The van der Waals surface area contributed by atoms with Gasteiger partial charge in [-0.2, -0.15) is 0 Å². The minimum atomic E-state index is -2.90. The maximum Gasteiger partial charge on any atom is 0.262 e. The fourth-order valence-electron chi connectivity index (χ4n) is 4.11. The summed E-state index contributed by atoms with van der Waals surface area (Å²) >= 11 is 13.6. The summed E-state index contributed by atoms with van der Waals surface area (Å²) in [5, 5.41) is 8.24. The number of nitrogens with zero attached hydrogens (tertiary/aromatic N) is 5. The van der Waals surface area contributed by atoms with Crippen LogP contribution in [0.4, 0.5) is 0 Å². The van der Waals surface area contributed by atoms with Gasteiger partial charge in [-0.15, -0.1) is 5.10 Å². The van der Waals surface area contributed by atoms with Gasteiger partial charge in [0.2, 0.25) is 0 Å². The van der Waals surface area contributed by atoms with Crippen molar-refractivity contribution in [3.63, 3.8) is 0 Å². The van der Waals surface area contributed by atoms with Gasteiger partial charge in [-0.1, -0.05) is 5.21 Å². The highest BCUT2D eigenvalue weighted by atomic mass is 79.9. The van der Waals surface area contributed by atoms with Crippen LogP contribution >= 0.6 is 63.7 Å². The van der Waals surface area contributed by atoms with Crippen molar-refractivity contribution < 1.29 is 32.2 Å². The third-order valence-corrected chi connectivity index (χ3v) is 12.6. The second kappa shape index (κ2) is 14.6. The van der Waals surface area contributed by atoms with Crippen LogP contribution in [0.25, 0.3) is 0 Å².